The molecule has 0 aliphatic carbocycles. The lowest BCUT2D eigenvalue weighted by atomic mass is 10.7. The molecule has 0 bridgehead atoms. The molecule has 0 spiro atoms. The maximum absolute atomic E-state index is 11.7. The highest BCUT2D eigenvalue weighted by Crippen LogP contribution is 2.20. The van der Waals surface area contributed by atoms with Crippen LogP contribution < -0.4 is 0 Å². The Labute approximate surface area is 111 Å². The quantitative estimate of drug-likeness (QED) is 0.512. The SMILES string of the molecule is CS(=O)(=O)C(F)(F)CF.FCC(F)(F)OF.FI. The molecule has 0 amide bonds. The largest absolute Gasteiger partial charge is 0.413 e. The molecular weight excluding hydrogens is 419 g/mol. The second-order valence-electron chi connectivity index (χ2n) is 2.39. The zero-order valence-corrected chi connectivity index (χ0v) is 11.4. The van der Waals surface area contributed by atoms with Crippen molar-refractivity contribution in [1.29, 1.82) is 0 Å². The van der Waals surface area contributed by atoms with Crippen molar-refractivity contribution in [2.24, 2.45) is 0 Å². The number of sulfone groups is 1. The lowest BCUT2D eigenvalue weighted by Gasteiger charge is -2.07. The minimum Gasteiger partial charge on any atom is -0.243 e. The Kier molecular flexibility index (Phi) is 12.8. The van der Waals surface area contributed by atoms with E-state index in [0.717, 1.165) is 0 Å². The molecule has 0 unspecified atom stereocenters. The summed E-state index contributed by atoms with van der Waals surface area (Å²) in [5.41, 5.74) is 0. The predicted octanol–water partition coefficient (Wildman–Crippen LogP) is 3.35. The molecule has 0 saturated heterocycles. The van der Waals surface area contributed by atoms with Crippen molar-refractivity contribution < 1.29 is 47.1 Å². The second kappa shape index (κ2) is 9.94. The summed E-state index contributed by atoms with van der Waals surface area (Å²) < 4.78 is 107. The normalized spacial score (nSPS) is 11.9. The van der Waals surface area contributed by atoms with E-state index in [1.807, 2.05) is 4.94 Å². The number of rotatable bonds is 4. The van der Waals surface area contributed by atoms with Gasteiger partial charge in [-0.2, -0.15) is 20.4 Å². The Balaban J connectivity index is -0.000000225. The fourth-order valence-corrected chi connectivity index (χ4v) is 0.318. The number of hydrogen-bond acceptors (Lipinski definition) is 3. The van der Waals surface area contributed by atoms with E-state index in [0.29, 0.717) is 23.2 Å². The summed E-state index contributed by atoms with van der Waals surface area (Å²) in [7, 11) is -4.56. The van der Waals surface area contributed by atoms with Crippen molar-refractivity contribution >= 4 is 33.0 Å². The highest BCUT2D eigenvalue weighted by atomic mass is 127. The van der Waals surface area contributed by atoms with Gasteiger partial charge in [-0.1, -0.05) is 0 Å². The van der Waals surface area contributed by atoms with Gasteiger partial charge in [0, 0.05) is 6.26 Å². The fourth-order valence-electron chi connectivity index (χ4n) is 0.120. The first-order valence-electron chi connectivity index (χ1n) is 3.44. The van der Waals surface area contributed by atoms with Gasteiger partial charge in [0.1, 0.15) is 0 Å². The molecular formula is C5H7F8IO3S. The van der Waals surface area contributed by atoms with Crippen molar-refractivity contribution in [3.8, 4) is 0 Å². The summed E-state index contributed by atoms with van der Waals surface area (Å²) >= 11 is 0.650. The van der Waals surface area contributed by atoms with E-state index < -0.39 is 34.5 Å². The van der Waals surface area contributed by atoms with Gasteiger partial charge < -0.3 is 0 Å². The molecule has 18 heavy (non-hydrogen) atoms. The zero-order chi connectivity index (χ0) is 15.6. The molecule has 0 aromatic heterocycles. The van der Waals surface area contributed by atoms with E-state index in [9.17, 15) is 42.1 Å². The summed E-state index contributed by atoms with van der Waals surface area (Å²) in [6.45, 7) is -4.30. The van der Waals surface area contributed by atoms with Crippen LogP contribution in [0.2, 0.25) is 0 Å². The molecule has 0 aliphatic heterocycles. The average molecular weight is 426 g/mol. The molecule has 0 N–H and O–H groups in total. The van der Waals surface area contributed by atoms with Gasteiger partial charge in [-0.05, 0) is 4.53 Å². The Morgan fingerprint density at radius 1 is 1.06 bits per heavy atom. The molecule has 3 nitrogen and oxygen atoms in total. The molecule has 0 radical (unpaired) electrons. The molecule has 0 heterocycles. The standard InChI is InChI=1S/C3H5F3O2S.C2H2F4O.FI/c1-9(7,8)3(5,6)2-4;3-1-2(4,5)7-6;1-2/h2H2,1H3;1H2;. The molecule has 0 atom stereocenters. The van der Waals surface area contributed by atoms with Crippen molar-refractivity contribution in [3.63, 3.8) is 0 Å². The Morgan fingerprint density at radius 2 is 1.39 bits per heavy atom. The third kappa shape index (κ3) is 11.2. The number of halogens is 9. The summed E-state index contributed by atoms with van der Waals surface area (Å²) in [6.07, 6.45) is -3.97. The van der Waals surface area contributed by atoms with E-state index in [1.54, 1.807) is 0 Å². The van der Waals surface area contributed by atoms with Gasteiger partial charge in [-0.15, -0.1) is 4.94 Å². The zero-order valence-electron chi connectivity index (χ0n) is 8.45. The lowest BCUT2D eigenvalue weighted by Crippen LogP contribution is -2.29. The molecule has 13 heteroatoms. The maximum Gasteiger partial charge on any atom is 0.413 e. The van der Waals surface area contributed by atoms with Gasteiger partial charge in [0.2, 0.25) is 9.84 Å². The van der Waals surface area contributed by atoms with Crippen LogP contribution in [0, 0.1) is 0 Å². The molecule has 0 aromatic carbocycles. The minimum atomic E-state index is -4.56. The van der Waals surface area contributed by atoms with Crippen molar-refractivity contribution in [2.75, 3.05) is 19.6 Å². The minimum absolute atomic E-state index is 0.284. The maximum atomic E-state index is 11.7. The van der Waals surface area contributed by atoms with E-state index in [2.05, 4.69) is 0 Å². The van der Waals surface area contributed by atoms with Crippen molar-refractivity contribution in [3.05, 3.63) is 0 Å². The van der Waals surface area contributed by atoms with Gasteiger partial charge in [0.25, 0.3) is 0 Å². The third-order valence-corrected chi connectivity index (χ3v) is 2.16. The van der Waals surface area contributed by atoms with E-state index in [4.69, 9.17) is 0 Å². The van der Waals surface area contributed by atoms with Gasteiger partial charge >= 0.3 is 11.4 Å². The summed E-state index contributed by atoms with van der Waals surface area (Å²) in [4.78, 5) is 1.88. The van der Waals surface area contributed by atoms with Gasteiger partial charge in [0.15, 0.2) is 36.5 Å². The highest BCUT2D eigenvalue weighted by Gasteiger charge is 2.41. The fraction of sp³-hybridized carbons (Fsp3) is 1.00. The highest BCUT2D eigenvalue weighted by molar-refractivity contribution is 14.1. The van der Waals surface area contributed by atoms with Gasteiger partial charge in [-0.25, -0.2) is 17.2 Å². The van der Waals surface area contributed by atoms with Gasteiger partial charge in [-0.3, -0.25) is 0 Å². The van der Waals surface area contributed by atoms with E-state index in [1.165, 1.54) is 0 Å². The molecule has 0 aliphatic rings. The van der Waals surface area contributed by atoms with Crippen LogP contribution in [0.3, 0.4) is 0 Å². The molecule has 114 valence electrons. The molecule has 0 fully saturated rings. The Morgan fingerprint density at radius 3 is 1.39 bits per heavy atom. The summed E-state index contributed by atoms with van der Waals surface area (Å²) in [5, 5.41) is -4.22. The van der Waals surface area contributed by atoms with Crippen molar-refractivity contribution in [1.82, 2.24) is 0 Å². The summed E-state index contributed by atoms with van der Waals surface area (Å²) in [5.74, 6) is 0. The smallest absolute Gasteiger partial charge is 0.243 e. The Bertz CT molecular complexity index is 289. The first-order chi connectivity index (χ1) is 7.93. The molecule has 0 aromatic rings. The van der Waals surface area contributed by atoms with Crippen LogP contribution in [0.4, 0.5) is 33.7 Å². The van der Waals surface area contributed by atoms with Crippen LogP contribution in [0.15, 0.2) is 0 Å². The monoisotopic (exact) mass is 426 g/mol. The van der Waals surface area contributed by atoms with Crippen LogP contribution in [-0.2, 0) is 14.8 Å². The van der Waals surface area contributed by atoms with Crippen molar-refractivity contribution in [2.45, 2.75) is 11.4 Å². The van der Waals surface area contributed by atoms with Crippen LogP contribution in [0.5, 0.6) is 0 Å². The first kappa shape index (κ1) is 23.2. The molecule has 0 saturated carbocycles. The van der Waals surface area contributed by atoms with Crippen LogP contribution >= 0.6 is 23.2 Å². The number of alkyl halides is 6. The van der Waals surface area contributed by atoms with E-state index >= 15 is 0 Å². The predicted molar refractivity (Wildman–Crippen MR) is 54.0 cm³/mol. The topological polar surface area (TPSA) is 43.4 Å². The Hall–Kier alpha value is 0.0800. The summed E-state index contributed by atoms with van der Waals surface area (Å²) in [6, 6.07) is 0. The number of hydrogen-bond donors (Lipinski definition) is 0. The lowest BCUT2D eigenvalue weighted by molar-refractivity contribution is -0.357. The molecule has 0 rings (SSSR count). The first-order valence-corrected chi connectivity index (χ1v) is 6.15. The third-order valence-electron chi connectivity index (χ3n) is 0.966. The average Bonchev–Trinajstić information content (AvgIpc) is 2.31. The second-order valence-corrected chi connectivity index (χ2v) is 4.53. The van der Waals surface area contributed by atoms with E-state index in [-0.39, 0.29) is 6.26 Å². The van der Waals surface area contributed by atoms with Gasteiger partial charge in [0.05, 0.1) is 0 Å². The van der Waals surface area contributed by atoms with Crippen LogP contribution in [-0.4, -0.2) is 39.4 Å². The van der Waals surface area contributed by atoms with Crippen LogP contribution in [0.1, 0.15) is 0 Å². The van der Waals surface area contributed by atoms with Crippen LogP contribution in [0.25, 0.3) is 0 Å².